The van der Waals surface area contributed by atoms with Crippen LogP contribution in [0.1, 0.15) is 28.2 Å². The third-order valence-electron chi connectivity index (χ3n) is 4.38. The van der Waals surface area contributed by atoms with Crippen LogP contribution in [0.15, 0.2) is 48.5 Å². The fourth-order valence-corrected chi connectivity index (χ4v) is 3.39. The van der Waals surface area contributed by atoms with E-state index < -0.39 is 6.04 Å². The molecule has 1 aromatic heterocycles. The van der Waals surface area contributed by atoms with E-state index in [1.807, 2.05) is 55.6 Å². The minimum absolute atomic E-state index is 0.212. The third-order valence-corrected chi connectivity index (χ3v) is 5.03. The first-order valence-electron chi connectivity index (χ1n) is 9.14. The predicted octanol–water partition coefficient (Wildman–Crippen LogP) is 3.04. The van der Waals surface area contributed by atoms with Crippen LogP contribution in [0, 0.1) is 6.92 Å². The minimum atomic E-state index is -0.593. The number of fused-ring (bicyclic) bond motifs is 1. The Morgan fingerprint density at radius 1 is 1.18 bits per heavy atom. The van der Waals surface area contributed by atoms with Gasteiger partial charge in [0.25, 0.3) is 5.91 Å². The molecule has 3 rings (SSSR count). The van der Waals surface area contributed by atoms with Crippen molar-refractivity contribution in [2.24, 2.45) is 0 Å². The molecular formula is C21H24N4O2S. The fourth-order valence-electron chi connectivity index (χ4n) is 2.92. The predicted molar refractivity (Wildman–Crippen MR) is 113 cm³/mol. The molecule has 1 unspecified atom stereocenters. The maximum atomic E-state index is 12.7. The van der Waals surface area contributed by atoms with Gasteiger partial charge in [0, 0.05) is 5.56 Å². The number of amides is 2. The van der Waals surface area contributed by atoms with Gasteiger partial charge in [0.05, 0.1) is 17.6 Å². The van der Waals surface area contributed by atoms with Crippen LogP contribution in [0.2, 0.25) is 0 Å². The molecule has 0 radical (unpaired) electrons. The lowest BCUT2D eigenvalue weighted by atomic mass is 10.1. The van der Waals surface area contributed by atoms with E-state index >= 15 is 0 Å². The number of carbonyl (C=O) groups excluding carboxylic acids is 2. The molecule has 3 N–H and O–H groups in total. The van der Waals surface area contributed by atoms with E-state index in [9.17, 15) is 9.59 Å². The highest BCUT2D eigenvalue weighted by atomic mass is 32.2. The summed E-state index contributed by atoms with van der Waals surface area (Å²) in [6, 6.07) is 14.5. The molecule has 0 aliphatic heterocycles. The van der Waals surface area contributed by atoms with Crippen molar-refractivity contribution in [2.45, 2.75) is 25.9 Å². The number of benzene rings is 2. The highest BCUT2D eigenvalue weighted by Gasteiger charge is 2.21. The first kappa shape index (κ1) is 19.9. The van der Waals surface area contributed by atoms with Crippen molar-refractivity contribution in [3.05, 3.63) is 65.5 Å². The number of thioether (sulfide) groups is 1. The summed E-state index contributed by atoms with van der Waals surface area (Å²) < 4.78 is 0. The van der Waals surface area contributed by atoms with Gasteiger partial charge in [-0.3, -0.25) is 9.59 Å². The second kappa shape index (κ2) is 9.41. The van der Waals surface area contributed by atoms with Gasteiger partial charge in [-0.1, -0.05) is 29.8 Å². The molecular weight excluding hydrogens is 372 g/mol. The van der Waals surface area contributed by atoms with E-state index in [0.29, 0.717) is 17.8 Å². The molecule has 2 aromatic carbocycles. The van der Waals surface area contributed by atoms with Gasteiger partial charge in [0.2, 0.25) is 5.91 Å². The van der Waals surface area contributed by atoms with E-state index in [4.69, 9.17) is 0 Å². The largest absolute Gasteiger partial charge is 0.347 e. The maximum absolute atomic E-state index is 12.7. The van der Waals surface area contributed by atoms with Crippen LogP contribution in [0.4, 0.5) is 0 Å². The first-order chi connectivity index (χ1) is 13.6. The summed E-state index contributed by atoms with van der Waals surface area (Å²) in [6.45, 7) is 2.21. The first-order valence-corrected chi connectivity index (χ1v) is 10.5. The summed E-state index contributed by atoms with van der Waals surface area (Å²) in [5.41, 5.74) is 3.35. The summed E-state index contributed by atoms with van der Waals surface area (Å²) in [5.74, 6) is 1.00. The topological polar surface area (TPSA) is 86.9 Å². The fraction of sp³-hybridized carbons (Fsp3) is 0.286. The molecule has 6 nitrogen and oxygen atoms in total. The van der Waals surface area contributed by atoms with Crippen molar-refractivity contribution in [1.82, 2.24) is 20.6 Å². The molecule has 0 aliphatic carbocycles. The Balaban J connectivity index is 1.64. The van der Waals surface area contributed by atoms with Crippen molar-refractivity contribution in [1.29, 1.82) is 0 Å². The second-order valence-electron chi connectivity index (χ2n) is 6.60. The third kappa shape index (κ3) is 5.13. The summed E-state index contributed by atoms with van der Waals surface area (Å²) in [7, 11) is 0. The molecule has 0 spiro atoms. The Labute approximate surface area is 168 Å². The lowest BCUT2D eigenvalue weighted by Crippen LogP contribution is -2.47. The van der Waals surface area contributed by atoms with Crippen LogP contribution in [0.5, 0.6) is 0 Å². The molecule has 0 saturated carbocycles. The number of aromatic amines is 1. The SMILES string of the molecule is CSCCC(NC(=O)c1cccc(C)c1)C(=O)NCc1nc2ccccc2[nH]1. The van der Waals surface area contributed by atoms with E-state index in [1.54, 1.807) is 17.8 Å². The maximum Gasteiger partial charge on any atom is 0.251 e. The summed E-state index contributed by atoms with van der Waals surface area (Å²) >= 11 is 1.64. The number of carbonyl (C=O) groups is 2. The second-order valence-corrected chi connectivity index (χ2v) is 7.58. The van der Waals surface area contributed by atoms with Gasteiger partial charge in [0.1, 0.15) is 11.9 Å². The van der Waals surface area contributed by atoms with E-state index in [1.165, 1.54) is 0 Å². The van der Waals surface area contributed by atoms with Crippen molar-refractivity contribution in [3.63, 3.8) is 0 Å². The Morgan fingerprint density at radius 2 is 2.00 bits per heavy atom. The molecule has 0 fully saturated rings. The Hall–Kier alpha value is -2.80. The van der Waals surface area contributed by atoms with Crippen LogP contribution in [-0.4, -0.2) is 39.8 Å². The average Bonchev–Trinajstić information content (AvgIpc) is 3.12. The number of para-hydroxylation sites is 2. The zero-order valence-electron chi connectivity index (χ0n) is 16.0. The lowest BCUT2D eigenvalue weighted by molar-refractivity contribution is -0.123. The van der Waals surface area contributed by atoms with Crippen molar-refractivity contribution in [2.75, 3.05) is 12.0 Å². The van der Waals surface area contributed by atoms with Gasteiger partial charge in [-0.25, -0.2) is 4.98 Å². The number of nitrogens with one attached hydrogen (secondary N) is 3. The van der Waals surface area contributed by atoms with Gasteiger partial charge >= 0.3 is 0 Å². The van der Waals surface area contributed by atoms with Gasteiger partial charge in [0.15, 0.2) is 0 Å². The summed E-state index contributed by atoms with van der Waals surface area (Å²) in [4.78, 5) is 32.9. The van der Waals surface area contributed by atoms with Crippen LogP contribution in [0.3, 0.4) is 0 Å². The quantitative estimate of drug-likeness (QED) is 0.546. The van der Waals surface area contributed by atoms with Crippen LogP contribution in [-0.2, 0) is 11.3 Å². The molecule has 146 valence electrons. The molecule has 0 bridgehead atoms. The standard InChI is InChI=1S/C21H24N4O2S/c1-14-6-5-7-15(12-14)20(26)25-18(10-11-28-2)21(27)22-13-19-23-16-8-3-4-9-17(16)24-19/h3-9,12,18H,10-11,13H2,1-2H3,(H,22,27)(H,23,24)(H,25,26). The highest BCUT2D eigenvalue weighted by molar-refractivity contribution is 7.98. The van der Waals surface area contributed by atoms with Crippen molar-refractivity contribution in [3.8, 4) is 0 Å². The zero-order chi connectivity index (χ0) is 19.9. The number of imidazole rings is 1. The normalized spacial score (nSPS) is 11.9. The van der Waals surface area contributed by atoms with E-state index in [2.05, 4.69) is 20.6 Å². The number of nitrogens with zero attached hydrogens (tertiary/aromatic N) is 1. The molecule has 1 atom stereocenters. The van der Waals surface area contributed by atoms with Crippen molar-refractivity contribution >= 4 is 34.6 Å². The molecule has 0 aliphatic rings. The van der Waals surface area contributed by atoms with Gasteiger partial charge < -0.3 is 15.6 Å². The minimum Gasteiger partial charge on any atom is -0.347 e. The van der Waals surface area contributed by atoms with Crippen LogP contribution >= 0.6 is 11.8 Å². The van der Waals surface area contributed by atoms with Gasteiger partial charge in [-0.2, -0.15) is 11.8 Å². The molecule has 1 heterocycles. The van der Waals surface area contributed by atoms with E-state index in [0.717, 1.165) is 22.3 Å². The lowest BCUT2D eigenvalue weighted by Gasteiger charge is -2.18. The van der Waals surface area contributed by atoms with Crippen molar-refractivity contribution < 1.29 is 9.59 Å². The van der Waals surface area contributed by atoms with E-state index in [-0.39, 0.29) is 18.4 Å². The molecule has 7 heteroatoms. The number of H-pyrrole nitrogens is 1. The number of aromatic nitrogens is 2. The number of hydrogen-bond donors (Lipinski definition) is 3. The molecule has 0 saturated heterocycles. The average molecular weight is 397 g/mol. The smallest absolute Gasteiger partial charge is 0.251 e. The van der Waals surface area contributed by atoms with Crippen LogP contribution < -0.4 is 10.6 Å². The number of aryl methyl sites for hydroxylation is 1. The molecule has 2 amide bonds. The zero-order valence-corrected chi connectivity index (χ0v) is 16.8. The summed E-state index contributed by atoms with van der Waals surface area (Å²) in [5, 5.41) is 5.74. The van der Waals surface area contributed by atoms with Crippen LogP contribution in [0.25, 0.3) is 11.0 Å². The monoisotopic (exact) mass is 396 g/mol. The molecule has 28 heavy (non-hydrogen) atoms. The Bertz CT molecular complexity index is 937. The Morgan fingerprint density at radius 3 is 2.75 bits per heavy atom. The highest BCUT2D eigenvalue weighted by Crippen LogP contribution is 2.10. The number of hydrogen-bond acceptors (Lipinski definition) is 4. The molecule has 3 aromatic rings. The summed E-state index contributed by atoms with van der Waals surface area (Å²) in [6.07, 6.45) is 2.54. The van der Waals surface area contributed by atoms with Gasteiger partial charge in [-0.05, 0) is 49.6 Å². The van der Waals surface area contributed by atoms with Gasteiger partial charge in [-0.15, -0.1) is 0 Å². The number of rotatable bonds is 8. The Kier molecular flexibility index (Phi) is 6.71.